The van der Waals surface area contributed by atoms with E-state index in [1.165, 1.54) is 0 Å². The van der Waals surface area contributed by atoms with Crippen molar-refractivity contribution in [2.24, 2.45) is 0 Å². The van der Waals surface area contributed by atoms with Crippen molar-refractivity contribution in [1.82, 2.24) is 10.0 Å². The molecule has 1 aliphatic rings. The number of sulfonamides is 1. The molecule has 0 bridgehead atoms. The summed E-state index contributed by atoms with van der Waals surface area (Å²) in [7, 11) is -3.41. The van der Waals surface area contributed by atoms with E-state index in [1.807, 2.05) is 0 Å². The van der Waals surface area contributed by atoms with Crippen molar-refractivity contribution < 1.29 is 28.2 Å². The largest absolute Gasteiger partial charge is 0.388 e. The van der Waals surface area contributed by atoms with Gasteiger partial charge in [-0.05, 0) is 13.8 Å². The van der Waals surface area contributed by atoms with Crippen LogP contribution in [0.5, 0.6) is 0 Å². The van der Waals surface area contributed by atoms with Crippen LogP contribution in [-0.2, 0) is 19.6 Å². The zero-order chi connectivity index (χ0) is 15.5. The summed E-state index contributed by atoms with van der Waals surface area (Å²) in [5, 5.41) is 22.2. The molecule has 20 heavy (non-hydrogen) atoms. The molecule has 0 aromatic rings. The van der Waals surface area contributed by atoms with Gasteiger partial charge in [-0.15, -0.1) is 0 Å². The molecular formula is C11H22N2O6S. The average molecular weight is 310 g/mol. The number of hydrogen-bond donors (Lipinski definition) is 4. The minimum Gasteiger partial charge on any atom is -0.388 e. The number of hydrogen-bond acceptors (Lipinski definition) is 6. The molecule has 118 valence electrons. The second-order valence-electron chi connectivity index (χ2n) is 5.24. The lowest BCUT2D eigenvalue weighted by Gasteiger charge is -2.15. The van der Waals surface area contributed by atoms with Gasteiger partial charge in [-0.1, -0.05) is 0 Å². The highest BCUT2D eigenvalue weighted by Gasteiger charge is 2.43. The Bertz CT molecular complexity index is 438. The van der Waals surface area contributed by atoms with E-state index >= 15 is 0 Å². The highest BCUT2D eigenvalue weighted by atomic mass is 32.2. The number of aliphatic hydroxyl groups is 2. The minimum absolute atomic E-state index is 0.0336. The summed E-state index contributed by atoms with van der Waals surface area (Å²) in [6.07, 6.45) is -3.29. The van der Waals surface area contributed by atoms with Gasteiger partial charge < -0.3 is 20.3 Å². The number of ether oxygens (including phenoxy) is 1. The molecule has 0 saturated carbocycles. The van der Waals surface area contributed by atoms with Crippen molar-refractivity contribution >= 4 is 15.9 Å². The fourth-order valence-corrected chi connectivity index (χ4v) is 2.43. The SMILES string of the molecule is CC(C)NC(=O)CC1OC(CNS(C)(=O)=O)C(O)C1O. The summed E-state index contributed by atoms with van der Waals surface area (Å²) in [6.45, 7) is 3.45. The zero-order valence-corrected chi connectivity index (χ0v) is 12.6. The topological polar surface area (TPSA) is 125 Å². The number of amides is 1. The summed E-state index contributed by atoms with van der Waals surface area (Å²) in [5.41, 5.74) is 0. The van der Waals surface area contributed by atoms with Crippen LogP contribution < -0.4 is 10.0 Å². The maximum Gasteiger partial charge on any atom is 0.222 e. The molecule has 4 N–H and O–H groups in total. The van der Waals surface area contributed by atoms with Gasteiger partial charge in [0.1, 0.15) is 18.3 Å². The molecule has 9 heteroatoms. The van der Waals surface area contributed by atoms with Gasteiger partial charge in [0, 0.05) is 12.6 Å². The Morgan fingerprint density at radius 2 is 1.80 bits per heavy atom. The molecule has 0 aromatic heterocycles. The Labute approximate surface area is 118 Å². The minimum atomic E-state index is -3.41. The Hall–Kier alpha value is -0.740. The molecule has 0 aliphatic carbocycles. The standard InChI is InChI=1S/C11H22N2O6S/c1-6(2)13-9(14)4-7-10(15)11(16)8(19-7)5-12-20(3,17)18/h6-8,10-12,15-16H,4-5H2,1-3H3,(H,13,14). The predicted molar refractivity (Wildman–Crippen MR) is 71.4 cm³/mol. The quantitative estimate of drug-likeness (QED) is 0.447. The van der Waals surface area contributed by atoms with Crippen molar-refractivity contribution in [3.63, 3.8) is 0 Å². The van der Waals surface area contributed by atoms with Crippen molar-refractivity contribution in [1.29, 1.82) is 0 Å². The lowest BCUT2D eigenvalue weighted by atomic mass is 10.1. The summed E-state index contributed by atoms with van der Waals surface area (Å²) < 4.78 is 29.5. The third-order valence-corrected chi connectivity index (χ3v) is 3.54. The second kappa shape index (κ2) is 6.81. The van der Waals surface area contributed by atoms with Crippen LogP contribution in [0.1, 0.15) is 20.3 Å². The van der Waals surface area contributed by atoms with E-state index in [2.05, 4.69) is 10.0 Å². The third-order valence-electron chi connectivity index (χ3n) is 2.84. The fourth-order valence-electron chi connectivity index (χ4n) is 1.96. The van der Waals surface area contributed by atoms with E-state index in [0.29, 0.717) is 0 Å². The summed E-state index contributed by atoms with van der Waals surface area (Å²) >= 11 is 0. The first-order valence-electron chi connectivity index (χ1n) is 6.35. The fraction of sp³-hybridized carbons (Fsp3) is 0.909. The molecule has 4 atom stereocenters. The second-order valence-corrected chi connectivity index (χ2v) is 7.07. The average Bonchev–Trinajstić information content (AvgIpc) is 2.52. The highest BCUT2D eigenvalue weighted by molar-refractivity contribution is 7.88. The molecule has 0 radical (unpaired) electrons. The number of carbonyl (C=O) groups excluding carboxylic acids is 1. The first-order valence-corrected chi connectivity index (χ1v) is 8.25. The molecule has 8 nitrogen and oxygen atoms in total. The molecule has 0 aromatic carbocycles. The first kappa shape index (κ1) is 17.3. The van der Waals surface area contributed by atoms with Crippen LogP contribution in [0.15, 0.2) is 0 Å². The van der Waals surface area contributed by atoms with Crippen molar-refractivity contribution in [2.45, 2.75) is 50.7 Å². The summed E-state index contributed by atoms with van der Waals surface area (Å²) in [5.74, 6) is -0.298. The van der Waals surface area contributed by atoms with Crippen LogP contribution in [0, 0.1) is 0 Å². The first-order chi connectivity index (χ1) is 9.10. The van der Waals surface area contributed by atoms with Crippen molar-refractivity contribution in [2.75, 3.05) is 12.8 Å². The highest BCUT2D eigenvalue weighted by Crippen LogP contribution is 2.23. The Balaban J connectivity index is 2.53. The molecule has 1 amide bonds. The molecule has 4 unspecified atom stereocenters. The maximum absolute atomic E-state index is 11.6. The van der Waals surface area contributed by atoms with Gasteiger partial charge in [-0.25, -0.2) is 13.1 Å². The molecule has 1 fully saturated rings. The zero-order valence-electron chi connectivity index (χ0n) is 11.7. The van der Waals surface area contributed by atoms with Crippen LogP contribution in [0.2, 0.25) is 0 Å². The summed E-state index contributed by atoms with van der Waals surface area (Å²) in [6, 6.07) is -0.0336. The van der Waals surface area contributed by atoms with E-state index in [-0.39, 0.29) is 24.9 Å². The smallest absolute Gasteiger partial charge is 0.222 e. The third kappa shape index (κ3) is 5.33. The monoisotopic (exact) mass is 310 g/mol. The van der Waals surface area contributed by atoms with Crippen LogP contribution in [-0.4, -0.2) is 67.8 Å². The van der Waals surface area contributed by atoms with E-state index in [4.69, 9.17) is 4.74 Å². The van der Waals surface area contributed by atoms with Crippen LogP contribution >= 0.6 is 0 Å². The van der Waals surface area contributed by atoms with E-state index in [0.717, 1.165) is 6.26 Å². The molecule has 1 rings (SSSR count). The van der Waals surface area contributed by atoms with E-state index in [9.17, 15) is 23.4 Å². The Kier molecular flexibility index (Phi) is 5.90. The molecule has 0 spiro atoms. The van der Waals surface area contributed by atoms with Crippen LogP contribution in [0.25, 0.3) is 0 Å². The number of aliphatic hydroxyl groups excluding tert-OH is 2. The molecule has 1 aliphatic heterocycles. The van der Waals surface area contributed by atoms with Gasteiger partial charge in [0.2, 0.25) is 15.9 Å². The van der Waals surface area contributed by atoms with Gasteiger partial charge in [-0.3, -0.25) is 4.79 Å². The van der Waals surface area contributed by atoms with E-state index in [1.54, 1.807) is 13.8 Å². The van der Waals surface area contributed by atoms with Crippen LogP contribution in [0.3, 0.4) is 0 Å². The number of carbonyl (C=O) groups is 1. The lowest BCUT2D eigenvalue weighted by Crippen LogP contribution is -2.40. The van der Waals surface area contributed by atoms with Gasteiger partial charge in [-0.2, -0.15) is 0 Å². The van der Waals surface area contributed by atoms with Crippen molar-refractivity contribution in [3.8, 4) is 0 Å². The lowest BCUT2D eigenvalue weighted by molar-refractivity contribution is -0.125. The normalized spacial score (nSPS) is 30.7. The summed E-state index contributed by atoms with van der Waals surface area (Å²) in [4.78, 5) is 11.6. The van der Waals surface area contributed by atoms with Gasteiger partial charge in [0.25, 0.3) is 0 Å². The molecular weight excluding hydrogens is 288 g/mol. The molecule has 1 heterocycles. The Morgan fingerprint density at radius 3 is 2.30 bits per heavy atom. The maximum atomic E-state index is 11.6. The van der Waals surface area contributed by atoms with E-state index < -0.39 is 34.4 Å². The Morgan fingerprint density at radius 1 is 1.25 bits per heavy atom. The van der Waals surface area contributed by atoms with Gasteiger partial charge in [0.05, 0.1) is 18.8 Å². The number of rotatable bonds is 6. The van der Waals surface area contributed by atoms with Crippen molar-refractivity contribution in [3.05, 3.63) is 0 Å². The van der Waals surface area contributed by atoms with Gasteiger partial charge >= 0.3 is 0 Å². The number of nitrogens with one attached hydrogen (secondary N) is 2. The molecule has 1 saturated heterocycles. The predicted octanol–water partition coefficient (Wildman–Crippen LogP) is -2.06. The van der Waals surface area contributed by atoms with Crippen LogP contribution in [0.4, 0.5) is 0 Å². The van der Waals surface area contributed by atoms with Gasteiger partial charge in [0.15, 0.2) is 0 Å².